The molecule has 0 atom stereocenters. The van der Waals surface area contributed by atoms with Crippen LogP contribution in [0.1, 0.15) is 79.1 Å². The minimum Gasteiger partial charge on any atom is -0.0885 e. The Labute approximate surface area is 97.2 Å². The van der Waals surface area contributed by atoms with E-state index >= 15 is 0 Å². The molecule has 0 radical (unpaired) electrons. The minimum atomic E-state index is 0.534. The summed E-state index contributed by atoms with van der Waals surface area (Å²) in [6, 6.07) is 0. The summed E-state index contributed by atoms with van der Waals surface area (Å²) in [4.78, 5) is 0. The molecule has 0 saturated carbocycles. The summed E-state index contributed by atoms with van der Waals surface area (Å²) >= 11 is 0. The molecule has 0 amide bonds. The Hall–Kier alpha value is -0.260. The van der Waals surface area contributed by atoms with Crippen molar-refractivity contribution >= 4 is 0 Å². The zero-order valence-corrected chi connectivity index (χ0v) is 11.3. The van der Waals surface area contributed by atoms with Crippen molar-refractivity contribution in [1.82, 2.24) is 0 Å². The number of allylic oxidation sites excluding steroid dienone is 2. The Bertz CT molecular complexity index is 153. The molecule has 15 heavy (non-hydrogen) atoms. The highest BCUT2D eigenvalue weighted by atomic mass is 14.2. The van der Waals surface area contributed by atoms with Crippen molar-refractivity contribution in [3.63, 3.8) is 0 Å². The van der Waals surface area contributed by atoms with Gasteiger partial charge in [0.2, 0.25) is 0 Å². The van der Waals surface area contributed by atoms with Gasteiger partial charge in [0.1, 0.15) is 0 Å². The van der Waals surface area contributed by atoms with Crippen LogP contribution in [0.15, 0.2) is 12.2 Å². The first-order valence-corrected chi connectivity index (χ1v) is 6.77. The first kappa shape index (κ1) is 14.7. The van der Waals surface area contributed by atoms with Crippen molar-refractivity contribution in [2.45, 2.75) is 79.1 Å². The molecule has 90 valence electrons. The van der Waals surface area contributed by atoms with Crippen molar-refractivity contribution in [1.29, 1.82) is 0 Å². The van der Waals surface area contributed by atoms with E-state index in [0.29, 0.717) is 5.41 Å². The molecular formula is C15H30. The van der Waals surface area contributed by atoms with Crippen LogP contribution in [-0.4, -0.2) is 0 Å². The zero-order chi connectivity index (χ0) is 11.6. The molecule has 0 aliphatic carbocycles. The van der Waals surface area contributed by atoms with Crippen molar-refractivity contribution in [3.05, 3.63) is 12.2 Å². The second-order valence-electron chi connectivity index (χ2n) is 5.38. The molecule has 0 aliphatic heterocycles. The third kappa shape index (κ3) is 10.0. The van der Waals surface area contributed by atoms with Gasteiger partial charge in [-0.2, -0.15) is 0 Å². The quantitative estimate of drug-likeness (QED) is 0.337. The molecule has 0 saturated heterocycles. The molecule has 0 heterocycles. The van der Waals surface area contributed by atoms with E-state index in [-0.39, 0.29) is 0 Å². The standard InChI is InChI=1S/C15H30/c1-5-7-8-9-10-11-12-13-14-15(3,4)6-2/h11-12H,5-10,13-14H2,1-4H3/b12-11+. The van der Waals surface area contributed by atoms with Gasteiger partial charge in [-0.1, -0.05) is 65.5 Å². The van der Waals surface area contributed by atoms with Crippen LogP contribution >= 0.6 is 0 Å². The van der Waals surface area contributed by atoms with Crippen molar-refractivity contribution in [2.24, 2.45) is 5.41 Å². The normalized spacial score (nSPS) is 12.5. The SMILES string of the molecule is CCCCCC/C=C/CCC(C)(C)CC. The third-order valence-electron chi connectivity index (χ3n) is 3.34. The molecule has 0 N–H and O–H groups in total. The Morgan fingerprint density at radius 1 is 0.867 bits per heavy atom. The second-order valence-corrected chi connectivity index (χ2v) is 5.38. The van der Waals surface area contributed by atoms with Gasteiger partial charge < -0.3 is 0 Å². The lowest BCUT2D eigenvalue weighted by Gasteiger charge is -2.21. The Morgan fingerprint density at radius 2 is 1.53 bits per heavy atom. The van der Waals surface area contributed by atoms with Gasteiger partial charge >= 0.3 is 0 Å². The number of rotatable bonds is 9. The molecular weight excluding hydrogens is 180 g/mol. The highest BCUT2D eigenvalue weighted by molar-refractivity contribution is 4.83. The summed E-state index contributed by atoms with van der Waals surface area (Å²) in [6.07, 6.45) is 15.4. The highest BCUT2D eigenvalue weighted by Gasteiger charge is 2.12. The molecule has 0 aliphatic rings. The fourth-order valence-electron chi connectivity index (χ4n) is 1.58. The van der Waals surface area contributed by atoms with Gasteiger partial charge in [0.05, 0.1) is 0 Å². The largest absolute Gasteiger partial charge is 0.0885 e. The molecule has 0 aromatic rings. The van der Waals surface area contributed by atoms with E-state index in [9.17, 15) is 0 Å². The fraction of sp³-hybridized carbons (Fsp3) is 0.867. The second kappa shape index (κ2) is 9.00. The molecule has 0 aromatic heterocycles. The van der Waals surface area contributed by atoms with Gasteiger partial charge in [-0.05, 0) is 31.1 Å². The maximum absolute atomic E-state index is 2.38. The zero-order valence-electron chi connectivity index (χ0n) is 11.3. The predicted molar refractivity (Wildman–Crippen MR) is 71.2 cm³/mol. The van der Waals surface area contributed by atoms with Crippen LogP contribution in [-0.2, 0) is 0 Å². The summed E-state index contributed by atoms with van der Waals surface area (Å²) < 4.78 is 0. The van der Waals surface area contributed by atoms with Crippen molar-refractivity contribution < 1.29 is 0 Å². The lowest BCUT2D eigenvalue weighted by atomic mass is 9.85. The Kier molecular flexibility index (Phi) is 8.85. The van der Waals surface area contributed by atoms with Crippen LogP contribution in [0.3, 0.4) is 0 Å². The lowest BCUT2D eigenvalue weighted by molar-refractivity contribution is 0.325. The first-order valence-electron chi connectivity index (χ1n) is 6.77. The molecule has 0 unspecified atom stereocenters. The van der Waals surface area contributed by atoms with E-state index < -0.39 is 0 Å². The van der Waals surface area contributed by atoms with Crippen LogP contribution < -0.4 is 0 Å². The van der Waals surface area contributed by atoms with Crippen LogP contribution in [0, 0.1) is 5.41 Å². The molecule has 0 fully saturated rings. The highest BCUT2D eigenvalue weighted by Crippen LogP contribution is 2.26. The van der Waals surface area contributed by atoms with E-state index in [2.05, 4.69) is 39.8 Å². The lowest BCUT2D eigenvalue weighted by Crippen LogP contribution is -2.08. The smallest absolute Gasteiger partial charge is 0.0346 e. The van der Waals surface area contributed by atoms with Crippen molar-refractivity contribution in [3.8, 4) is 0 Å². The Balaban J connectivity index is 3.31. The summed E-state index contributed by atoms with van der Waals surface area (Å²) in [5.74, 6) is 0. The topological polar surface area (TPSA) is 0 Å². The van der Waals surface area contributed by atoms with Gasteiger partial charge in [-0.25, -0.2) is 0 Å². The van der Waals surface area contributed by atoms with Crippen LogP contribution in [0.2, 0.25) is 0 Å². The van der Waals surface area contributed by atoms with E-state index in [1.807, 2.05) is 0 Å². The van der Waals surface area contributed by atoms with Crippen LogP contribution in [0.4, 0.5) is 0 Å². The predicted octanol–water partition coefficient (Wildman–Crippen LogP) is 5.73. The summed E-state index contributed by atoms with van der Waals surface area (Å²) in [7, 11) is 0. The number of hydrogen-bond donors (Lipinski definition) is 0. The number of unbranched alkanes of at least 4 members (excludes halogenated alkanes) is 4. The maximum atomic E-state index is 2.38. The van der Waals surface area contributed by atoms with E-state index in [4.69, 9.17) is 0 Å². The third-order valence-corrected chi connectivity index (χ3v) is 3.34. The molecule has 0 bridgehead atoms. The van der Waals surface area contributed by atoms with E-state index in [0.717, 1.165) is 0 Å². The molecule has 0 aromatic carbocycles. The molecule has 0 spiro atoms. The van der Waals surface area contributed by atoms with Gasteiger partial charge in [0.15, 0.2) is 0 Å². The van der Waals surface area contributed by atoms with E-state index in [1.54, 1.807) is 0 Å². The van der Waals surface area contributed by atoms with E-state index in [1.165, 1.54) is 51.4 Å². The molecule has 0 rings (SSSR count). The maximum Gasteiger partial charge on any atom is -0.0346 e. The van der Waals surface area contributed by atoms with Crippen molar-refractivity contribution in [2.75, 3.05) is 0 Å². The molecule has 0 nitrogen and oxygen atoms in total. The number of hydrogen-bond acceptors (Lipinski definition) is 0. The average Bonchev–Trinajstić information content (AvgIpc) is 2.22. The fourth-order valence-corrected chi connectivity index (χ4v) is 1.58. The van der Waals surface area contributed by atoms with Crippen LogP contribution in [0.5, 0.6) is 0 Å². The van der Waals surface area contributed by atoms with Gasteiger partial charge in [0, 0.05) is 0 Å². The Morgan fingerprint density at radius 3 is 2.13 bits per heavy atom. The van der Waals surface area contributed by atoms with Gasteiger partial charge in [-0.3, -0.25) is 0 Å². The molecule has 0 heteroatoms. The summed E-state index contributed by atoms with van der Waals surface area (Å²) in [5.41, 5.74) is 0.534. The monoisotopic (exact) mass is 210 g/mol. The summed E-state index contributed by atoms with van der Waals surface area (Å²) in [6.45, 7) is 9.28. The first-order chi connectivity index (χ1) is 7.12. The summed E-state index contributed by atoms with van der Waals surface area (Å²) in [5, 5.41) is 0. The minimum absolute atomic E-state index is 0.534. The van der Waals surface area contributed by atoms with Crippen LogP contribution in [0.25, 0.3) is 0 Å². The van der Waals surface area contributed by atoms with Gasteiger partial charge in [0.25, 0.3) is 0 Å². The van der Waals surface area contributed by atoms with Gasteiger partial charge in [-0.15, -0.1) is 0 Å². The average molecular weight is 210 g/mol.